The van der Waals surface area contributed by atoms with Crippen molar-refractivity contribution >= 4 is 22.8 Å². The number of nitrogens with zero attached hydrogens (tertiary/aromatic N) is 1. The minimum Gasteiger partial charge on any atom is -0.345 e. The van der Waals surface area contributed by atoms with Gasteiger partial charge in [0.05, 0.1) is 17.4 Å². The van der Waals surface area contributed by atoms with E-state index in [0.29, 0.717) is 6.54 Å². The van der Waals surface area contributed by atoms with Gasteiger partial charge in [-0.15, -0.1) is 0 Å². The standard InChI is InChI=1S/C10H12N4O/c1-2-11-10(15)14-7-3-4-8-9(5-7)13-6-12-8/h3-6H,2H2,1H3,(H,12,13)(H2,11,14,15). The van der Waals surface area contributed by atoms with Gasteiger partial charge < -0.3 is 15.6 Å². The minimum atomic E-state index is -0.198. The number of urea groups is 1. The molecule has 0 atom stereocenters. The molecule has 1 aromatic heterocycles. The second-order valence-electron chi connectivity index (χ2n) is 3.12. The number of fused-ring (bicyclic) bond motifs is 1. The lowest BCUT2D eigenvalue weighted by Gasteiger charge is -2.05. The van der Waals surface area contributed by atoms with E-state index in [9.17, 15) is 4.79 Å². The number of H-pyrrole nitrogens is 1. The summed E-state index contributed by atoms with van der Waals surface area (Å²) in [7, 11) is 0. The van der Waals surface area contributed by atoms with Crippen LogP contribution in [0, 0.1) is 0 Å². The lowest BCUT2D eigenvalue weighted by Crippen LogP contribution is -2.28. The molecule has 0 fully saturated rings. The number of amides is 2. The molecule has 5 heteroatoms. The number of nitrogens with one attached hydrogen (secondary N) is 3. The number of anilines is 1. The van der Waals surface area contributed by atoms with Crippen molar-refractivity contribution in [1.29, 1.82) is 0 Å². The van der Waals surface area contributed by atoms with Crippen LogP contribution in [0.5, 0.6) is 0 Å². The van der Waals surface area contributed by atoms with E-state index < -0.39 is 0 Å². The SMILES string of the molecule is CCNC(=O)Nc1ccc2nc[nH]c2c1. The molecule has 3 N–H and O–H groups in total. The summed E-state index contributed by atoms with van der Waals surface area (Å²) in [4.78, 5) is 18.3. The van der Waals surface area contributed by atoms with Crippen molar-refractivity contribution in [1.82, 2.24) is 15.3 Å². The average Bonchev–Trinajstić information content (AvgIpc) is 2.65. The molecule has 5 nitrogen and oxygen atoms in total. The van der Waals surface area contributed by atoms with Crippen molar-refractivity contribution in [2.75, 3.05) is 11.9 Å². The summed E-state index contributed by atoms with van der Waals surface area (Å²) in [5.74, 6) is 0. The highest BCUT2D eigenvalue weighted by Gasteiger charge is 2.01. The summed E-state index contributed by atoms with van der Waals surface area (Å²) in [5, 5.41) is 5.39. The van der Waals surface area contributed by atoms with E-state index in [-0.39, 0.29) is 6.03 Å². The van der Waals surface area contributed by atoms with Crippen molar-refractivity contribution in [2.24, 2.45) is 0 Å². The predicted molar refractivity (Wildman–Crippen MR) is 58.8 cm³/mol. The Balaban J connectivity index is 2.17. The molecule has 0 aliphatic heterocycles. The van der Waals surface area contributed by atoms with Gasteiger partial charge in [0, 0.05) is 12.2 Å². The van der Waals surface area contributed by atoms with E-state index >= 15 is 0 Å². The fourth-order valence-corrected chi connectivity index (χ4v) is 1.35. The van der Waals surface area contributed by atoms with Crippen molar-refractivity contribution in [2.45, 2.75) is 6.92 Å². The van der Waals surface area contributed by atoms with Crippen LogP contribution in [0.2, 0.25) is 0 Å². The molecule has 0 bridgehead atoms. The first kappa shape index (κ1) is 9.51. The number of rotatable bonds is 2. The monoisotopic (exact) mass is 204 g/mol. The van der Waals surface area contributed by atoms with Gasteiger partial charge in [0.2, 0.25) is 0 Å². The molecule has 1 heterocycles. The van der Waals surface area contributed by atoms with Crippen molar-refractivity contribution in [3.63, 3.8) is 0 Å². The molecule has 2 aromatic rings. The van der Waals surface area contributed by atoms with Crippen LogP contribution in [0.15, 0.2) is 24.5 Å². The van der Waals surface area contributed by atoms with Crippen molar-refractivity contribution < 1.29 is 4.79 Å². The quantitative estimate of drug-likeness (QED) is 0.696. The van der Waals surface area contributed by atoms with Gasteiger partial charge in [-0.2, -0.15) is 0 Å². The third-order valence-electron chi connectivity index (χ3n) is 2.02. The Morgan fingerprint density at radius 2 is 2.40 bits per heavy atom. The predicted octanol–water partition coefficient (Wildman–Crippen LogP) is 1.70. The van der Waals surface area contributed by atoms with Gasteiger partial charge in [-0.25, -0.2) is 9.78 Å². The summed E-state index contributed by atoms with van der Waals surface area (Å²) in [6, 6.07) is 5.32. The van der Waals surface area contributed by atoms with Crippen LogP contribution in [0.25, 0.3) is 11.0 Å². The normalized spacial score (nSPS) is 10.2. The minimum absolute atomic E-state index is 0.198. The topological polar surface area (TPSA) is 69.8 Å². The highest BCUT2D eigenvalue weighted by Crippen LogP contribution is 2.15. The molecule has 0 saturated heterocycles. The number of hydrogen-bond donors (Lipinski definition) is 3. The van der Waals surface area contributed by atoms with Gasteiger partial charge in [0.15, 0.2) is 0 Å². The summed E-state index contributed by atoms with van der Waals surface area (Å²) in [6.07, 6.45) is 1.63. The van der Waals surface area contributed by atoms with E-state index in [4.69, 9.17) is 0 Å². The molecule has 0 spiro atoms. The first-order chi connectivity index (χ1) is 7.29. The van der Waals surface area contributed by atoms with Crippen LogP contribution in [0.3, 0.4) is 0 Å². The fraction of sp³-hybridized carbons (Fsp3) is 0.200. The summed E-state index contributed by atoms with van der Waals surface area (Å²) >= 11 is 0. The fourth-order valence-electron chi connectivity index (χ4n) is 1.35. The molecule has 0 radical (unpaired) electrons. The van der Waals surface area contributed by atoms with Gasteiger partial charge in [-0.05, 0) is 25.1 Å². The molecule has 15 heavy (non-hydrogen) atoms. The maximum Gasteiger partial charge on any atom is 0.319 e. The van der Waals surface area contributed by atoms with Crippen molar-refractivity contribution in [3.05, 3.63) is 24.5 Å². The van der Waals surface area contributed by atoms with Gasteiger partial charge in [-0.1, -0.05) is 0 Å². The number of carbonyl (C=O) groups is 1. The number of carbonyl (C=O) groups excluding carboxylic acids is 1. The lowest BCUT2D eigenvalue weighted by molar-refractivity contribution is 0.252. The number of aromatic amines is 1. The summed E-state index contributed by atoms with van der Waals surface area (Å²) in [5.41, 5.74) is 2.54. The number of hydrogen-bond acceptors (Lipinski definition) is 2. The second-order valence-corrected chi connectivity index (χ2v) is 3.12. The molecule has 78 valence electrons. The summed E-state index contributed by atoms with van der Waals surface area (Å²) in [6.45, 7) is 2.48. The first-order valence-corrected chi connectivity index (χ1v) is 4.77. The Morgan fingerprint density at radius 1 is 1.53 bits per heavy atom. The molecule has 0 aliphatic carbocycles. The Hall–Kier alpha value is -2.04. The zero-order valence-electron chi connectivity index (χ0n) is 8.37. The van der Waals surface area contributed by atoms with Crippen LogP contribution in [-0.4, -0.2) is 22.5 Å². The zero-order valence-corrected chi connectivity index (χ0v) is 8.37. The van der Waals surface area contributed by atoms with Gasteiger partial charge >= 0.3 is 6.03 Å². The van der Waals surface area contributed by atoms with E-state index in [1.165, 1.54) is 0 Å². The van der Waals surface area contributed by atoms with Crippen LogP contribution < -0.4 is 10.6 Å². The zero-order chi connectivity index (χ0) is 10.7. The Bertz CT molecular complexity index is 477. The number of aromatic nitrogens is 2. The van der Waals surface area contributed by atoms with Crippen LogP contribution in [-0.2, 0) is 0 Å². The van der Waals surface area contributed by atoms with Gasteiger partial charge in [0.1, 0.15) is 0 Å². The van der Waals surface area contributed by atoms with E-state index in [2.05, 4.69) is 20.6 Å². The summed E-state index contributed by atoms with van der Waals surface area (Å²) < 4.78 is 0. The van der Waals surface area contributed by atoms with E-state index in [0.717, 1.165) is 16.7 Å². The van der Waals surface area contributed by atoms with Crippen LogP contribution in [0.4, 0.5) is 10.5 Å². The van der Waals surface area contributed by atoms with Gasteiger partial charge in [0.25, 0.3) is 0 Å². The molecule has 0 aliphatic rings. The highest BCUT2D eigenvalue weighted by molar-refractivity contribution is 5.91. The van der Waals surface area contributed by atoms with Crippen LogP contribution in [0.1, 0.15) is 6.92 Å². The highest BCUT2D eigenvalue weighted by atomic mass is 16.2. The Morgan fingerprint density at radius 3 is 3.20 bits per heavy atom. The van der Waals surface area contributed by atoms with E-state index in [1.807, 2.05) is 25.1 Å². The maximum absolute atomic E-state index is 11.2. The number of benzene rings is 1. The Labute approximate surface area is 86.9 Å². The lowest BCUT2D eigenvalue weighted by atomic mass is 10.3. The first-order valence-electron chi connectivity index (χ1n) is 4.77. The largest absolute Gasteiger partial charge is 0.345 e. The number of imidazole rings is 1. The molecule has 0 unspecified atom stereocenters. The molecular weight excluding hydrogens is 192 g/mol. The smallest absolute Gasteiger partial charge is 0.319 e. The van der Waals surface area contributed by atoms with E-state index in [1.54, 1.807) is 6.33 Å². The van der Waals surface area contributed by atoms with Crippen LogP contribution >= 0.6 is 0 Å². The molecule has 2 rings (SSSR count). The second kappa shape index (κ2) is 4.00. The molecular formula is C10H12N4O. The maximum atomic E-state index is 11.2. The third kappa shape index (κ3) is 2.07. The molecule has 2 amide bonds. The molecule has 1 aromatic carbocycles. The molecule has 0 saturated carbocycles. The third-order valence-corrected chi connectivity index (χ3v) is 2.02. The van der Waals surface area contributed by atoms with Gasteiger partial charge in [-0.3, -0.25) is 0 Å². The van der Waals surface area contributed by atoms with Crippen molar-refractivity contribution in [3.8, 4) is 0 Å². The Kier molecular flexibility index (Phi) is 2.53. The average molecular weight is 204 g/mol.